The van der Waals surface area contributed by atoms with Crippen molar-refractivity contribution in [2.24, 2.45) is 5.41 Å². The van der Waals surface area contributed by atoms with Gasteiger partial charge < -0.3 is 4.74 Å². The fourth-order valence-electron chi connectivity index (χ4n) is 4.06. The molecule has 1 fully saturated rings. The lowest BCUT2D eigenvalue weighted by atomic mass is 9.72. The fraction of sp³-hybridized carbons (Fsp3) is 0.250. The lowest BCUT2D eigenvalue weighted by Gasteiger charge is -2.56. The van der Waals surface area contributed by atoms with Gasteiger partial charge in [-0.1, -0.05) is 84.5 Å². The number of esters is 1. The third kappa shape index (κ3) is 3.62. The molecule has 1 saturated heterocycles. The highest BCUT2D eigenvalue weighted by Crippen LogP contribution is 2.54. The van der Waals surface area contributed by atoms with Crippen LogP contribution in [0, 0.1) is 16.7 Å². The SMILES string of the molecule is CC(=S)C1(CC#N)C(=O)N2C(C(=O)OC(c3ccccc3)c3ccccc3)=C(Cl)CS[C@H]21. The van der Waals surface area contributed by atoms with E-state index in [9.17, 15) is 14.9 Å². The van der Waals surface area contributed by atoms with Crippen LogP contribution in [-0.4, -0.2) is 32.8 Å². The molecule has 0 N–H and O–H groups in total. The highest BCUT2D eigenvalue weighted by atomic mass is 35.5. The van der Waals surface area contributed by atoms with Crippen molar-refractivity contribution in [1.29, 1.82) is 5.26 Å². The number of hydrogen-bond donors (Lipinski definition) is 0. The topological polar surface area (TPSA) is 70.4 Å². The van der Waals surface area contributed by atoms with Crippen molar-refractivity contribution >= 4 is 52.3 Å². The maximum Gasteiger partial charge on any atom is 0.357 e. The second kappa shape index (κ2) is 9.07. The molecule has 162 valence electrons. The van der Waals surface area contributed by atoms with Crippen LogP contribution in [0.3, 0.4) is 0 Å². The first-order chi connectivity index (χ1) is 15.4. The van der Waals surface area contributed by atoms with Crippen LogP contribution >= 0.6 is 35.6 Å². The van der Waals surface area contributed by atoms with Gasteiger partial charge in [0.1, 0.15) is 16.5 Å². The number of benzene rings is 2. The monoisotopic (exact) mass is 482 g/mol. The maximum absolute atomic E-state index is 13.4. The zero-order valence-corrected chi connectivity index (χ0v) is 19.5. The predicted octanol–water partition coefficient (Wildman–Crippen LogP) is 4.97. The molecule has 0 bridgehead atoms. The van der Waals surface area contributed by atoms with Crippen molar-refractivity contribution in [3.8, 4) is 6.07 Å². The Balaban J connectivity index is 1.67. The second-order valence-corrected chi connectivity index (χ2v) is 9.70. The molecule has 2 aromatic carbocycles. The first-order valence-corrected chi connectivity index (χ1v) is 11.8. The van der Waals surface area contributed by atoms with E-state index in [1.807, 2.05) is 60.7 Å². The van der Waals surface area contributed by atoms with E-state index < -0.39 is 22.9 Å². The second-order valence-electron chi connectivity index (χ2n) is 7.56. The number of β-lactam (4-membered cyclic amide) rings is 1. The van der Waals surface area contributed by atoms with E-state index in [4.69, 9.17) is 28.6 Å². The Morgan fingerprint density at radius 3 is 2.31 bits per heavy atom. The van der Waals surface area contributed by atoms with Gasteiger partial charge in [-0.2, -0.15) is 5.26 Å². The third-order valence-electron chi connectivity index (χ3n) is 5.73. The summed E-state index contributed by atoms with van der Waals surface area (Å²) in [5, 5.41) is 9.10. The zero-order valence-electron chi connectivity index (χ0n) is 17.2. The minimum atomic E-state index is -1.09. The normalized spacial score (nSPS) is 22.1. The molecule has 1 unspecified atom stereocenters. The van der Waals surface area contributed by atoms with Crippen molar-refractivity contribution < 1.29 is 14.3 Å². The molecular formula is C24H19ClN2O3S2. The number of thioether (sulfide) groups is 1. The first kappa shape index (κ1) is 22.5. The molecule has 1 amide bonds. The maximum atomic E-state index is 13.4. The van der Waals surface area contributed by atoms with E-state index in [1.54, 1.807) is 6.92 Å². The van der Waals surface area contributed by atoms with Gasteiger partial charge in [0, 0.05) is 10.6 Å². The summed E-state index contributed by atoms with van der Waals surface area (Å²) < 4.78 is 5.94. The molecule has 2 aromatic rings. The molecular weight excluding hydrogens is 464 g/mol. The summed E-state index contributed by atoms with van der Waals surface area (Å²) in [7, 11) is 0. The number of rotatable bonds is 6. The zero-order chi connectivity index (χ0) is 22.9. The molecule has 2 atom stereocenters. The minimum absolute atomic E-state index is 0.0297. The van der Waals surface area contributed by atoms with E-state index in [2.05, 4.69) is 6.07 Å². The van der Waals surface area contributed by atoms with Gasteiger partial charge in [-0.15, -0.1) is 11.8 Å². The Morgan fingerprint density at radius 2 is 1.81 bits per heavy atom. The lowest BCUT2D eigenvalue weighted by Crippen LogP contribution is -2.71. The van der Waals surface area contributed by atoms with E-state index in [0.29, 0.717) is 10.6 Å². The molecule has 2 aliphatic heterocycles. The van der Waals surface area contributed by atoms with Gasteiger partial charge in [0.2, 0.25) is 5.91 Å². The fourth-order valence-corrected chi connectivity index (χ4v) is 6.20. The molecule has 5 nitrogen and oxygen atoms in total. The van der Waals surface area contributed by atoms with E-state index in [1.165, 1.54) is 16.7 Å². The number of carbonyl (C=O) groups excluding carboxylic acids is 2. The Bertz CT molecular complexity index is 1110. The van der Waals surface area contributed by atoms with E-state index in [-0.39, 0.29) is 23.1 Å². The molecule has 4 rings (SSSR count). The standard InChI is InChI=1S/C24H19ClN2O3S2/c1-15(31)24(12-13-26)22(29)27-19(18(25)14-32-23(24)27)21(28)30-20(16-8-4-2-5-9-16)17-10-6-3-7-11-17/h2-11,20,23H,12,14H2,1H3/t23-,24?/m0/s1. The van der Waals surface area contributed by atoms with Gasteiger partial charge in [-0.3, -0.25) is 9.69 Å². The first-order valence-electron chi connectivity index (χ1n) is 9.94. The largest absolute Gasteiger partial charge is 0.448 e. The Morgan fingerprint density at radius 1 is 1.25 bits per heavy atom. The summed E-state index contributed by atoms with van der Waals surface area (Å²) in [6, 6.07) is 20.8. The average molecular weight is 483 g/mol. The number of fused-ring (bicyclic) bond motifs is 1. The minimum Gasteiger partial charge on any atom is -0.448 e. The predicted molar refractivity (Wildman–Crippen MR) is 128 cm³/mol. The van der Waals surface area contributed by atoms with Crippen LogP contribution in [0.2, 0.25) is 0 Å². The third-order valence-corrected chi connectivity index (χ3v) is 7.95. The molecule has 0 aliphatic carbocycles. The van der Waals surface area contributed by atoms with Gasteiger partial charge in [-0.25, -0.2) is 4.79 Å². The molecule has 8 heteroatoms. The molecule has 0 saturated carbocycles. The van der Waals surface area contributed by atoms with Crippen LogP contribution < -0.4 is 0 Å². The molecule has 2 heterocycles. The van der Waals surface area contributed by atoms with Crippen molar-refractivity contribution in [2.75, 3.05) is 5.75 Å². The van der Waals surface area contributed by atoms with E-state index >= 15 is 0 Å². The highest BCUT2D eigenvalue weighted by Gasteiger charge is 2.65. The summed E-state index contributed by atoms with van der Waals surface area (Å²) in [5.41, 5.74) is 0.543. The number of carbonyl (C=O) groups is 2. The highest BCUT2D eigenvalue weighted by molar-refractivity contribution is 8.00. The molecule has 2 aliphatic rings. The number of amides is 1. The van der Waals surface area contributed by atoms with Crippen LogP contribution in [0.5, 0.6) is 0 Å². The van der Waals surface area contributed by atoms with Crippen molar-refractivity contribution in [3.63, 3.8) is 0 Å². The van der Waals surface area contributed by atoms with Crippen molar-refractivity contribution in [1.82, 2.24) is 4.90 Å². The van der Waals surface area contributed by atoms with E-state index in [0.717, 1.165) is 11.1 Å². The summed E-state index contributed by atoms with van der Waals surface area (Å²) in [5.74, 6) is -0.735. The van der Waals surface area contributed by atoms with Gasteiger partial charge in [0.25, 0.3) is 0 Å². The molecule has 32 heavy (non-hydrogen) atoms. The Kier molecular flexibility index (Phi) is 6.38. The molecule has 0 radical (unpaired) electrons. The van der Waals surface area contributed by atoms with Gasteiger partial charge in [-0.05, 0) is 18.1 Å². The van der Waals surface area contributed by atoms with Crippen LogP contribution in [0.4, 0.5) is 0 Å². The van der Waals surface area contributed by atoms with Crippen molar-refractivity contribution in [3.05, 3.63) is 82.5 Å². The Labute approximate surface area is 201 Å². The number of nitriles is 1. The summed E-state index contributed by atoms with van der Waals surface area (Å²) in [4.78, 5) is 28.4. The molecule has 0 spiro atoms. The number of ether oxygens (including phenoxy) is 1. The number of hydrogen-bond acceptors (Lipinski definition) is 6. The van der Waals surface area contributed by atoms with Crippen LogP contribution in [0.15, 0.2) is 71.4 Å². The van der Waals surface area contributed by atoms with Gasteiger partial charge in [0.05, 0.1) is 17.5 Å². The Hall–Kier alpha value is -2.66. The quantitative estimate of drug-likeness (QED) is 0.329. The van der Waals surface area contributed by atoms with Crippen molar-refractivity contribution in [2.45, 2.75) is 24.8 Å². The number of nitrogens with zero attached hydrogens (tertiary/aromatic N) is 2. The number of thiocarbonyl (C=S) groups is 1. The van der Waals surface area contributed by atoms with Crippen LogP contribution in [0.25, 0.3) is 0 Å². The molecule has 0 aromatic heterocycles. The lowest BCUT2D eigenvalue weighted by molar-refractivity contribution is -0.159. The van der Waals surface area contributed by atoms with Gasteiger partial charge >= 0.3 is 5.97 Å². The average Bonchev–Trinajstić information content (AvgIpc) is 2.81. The summed E-state index contributed by atoms with van der Waals surface area (Å²) >= 11 is 13.2. The van der Waals surface area contributed by atoms with Gasteiger partial charge in [0.15, 0.2) is 6.10 Å². The summed E-state index contributed by atoms with van der Waals surface area (Å²) in [6.07, 6.45) is -0.700. The van der Waals surface area contributed by atoms with Crippen LogP contribution in [-0.2, 0) is 14.3 Å². The number of halogens is 1. The van der Waals surface area contributed by atoms with Crippen LogP contribution in [0.1, 0.15) is 30.6 Å². The smallest absolute Gasteiger partial charge is 0.357 e. The summed E-state index contributed by atoms with van der Waals surface area (Å²) in [6.45, 7) is 1.67.